The Morgan fingerprint density at radius 2 is 1.03 bits per heavy atom. The Kier molecular flexibility index (Phi) is 7.21. The Bertz CT molecular complexity index is 834. The summed E-state index contributed by atoms with van der Waals surface area (Å²) in [5, 5.41) is 0. The minimum Gasteiger partial charge on any atom is -0.366 e. The van der Waals surface area contributed by atoms with Crippen LogP contribution in [0.2, 0.25) is 0 Å². The number of hydrogen-bond acceptors (Lipinski definition) is 2. The molecule has 1 saturated heterocycles. The largest absolute Gasteiger partial charge is 0.405 e. The molecule has 1 aliphatic heterocycles. The van der Waals surface area contributed by atoms with Gasteiger partial charge in [0.1, 0.15) is 19.1 Å². The van der Waals surface area contributed by atoms with E-state index in [1.807, 2.05) is 24.3 Å². The maximum atomic E-state index is 12.7. The van der Waals surface area contributed by atoms with Gasteiger partial charge >= 0.3 is 12.4 Å². The summed E-state index contributed by atoms with van der Waals surface area (Å²) in [5.74, 6) is 0. The molecule has 0 aliphatic carbocycles. The molecule has 0 saturated carbocycles. The highest BCUT2D eigenvalue weighted by Crippen LogP contribution is 2.38. The molecule has 33 heavy (non-hydrogen) atoms. The van der Waals surface area contributed by atoms with E-state index in [0.717, 1.165) is 51.3 Å². The van der Waals surface area contributed by atoms with Crippen molar-refractivity contribution in [3.05, 3.63) is 59.7 Å². The van der Waals surface area contributed by atoms with Crippen molar-refractivity contribution < 1.29 is 30.8 Å². The second-order valence-electron chi connectivity index (χ2n) is 9.16. The molecule has 9 heteroatoms. The van der Waals surface area contributed by atoms with Crippen LogP contribution in [0.4, 0.5) is 37.7 Å². The molecule has 2 aromatic rings. The van der Waals surface area contributed by atoms with E-state index >= 15 is 0 Å². The van der Waals surface area contributed by atoms with Crippen molar-refractivity contribution in [2.24, 2.45) is 0 Å². The van der Waals surface area contributed by atoms with Crippen LogP contribution in [0.3, 0.4) is 0 Å². The average molecular weight is 475 g/mol. The second-order valence-corrected chi connectivity index (χ2v) is 9.16. The molecule has 0 amide bonds. The Morgan fingerprint density at radius 1 is 0.697 bits per heavy atom. The van der Waals surface area contributed by atoms with Gasteiger partial charge in [-0.3, -0.25) is 0 Å². The van der Waals surface area contributed by atoms with Gasteiger partial charge in [0.25, 0.3) is 0 Å². The van der Waals surface area contributed by atoms with Crippen LogP contribution in [-0.4, -0.2) is 64.2 Å². The predicted octanol–water partition coefficient (Wildman–Crippen LogP) is 6.01. The standard InChI is InChI=1S/C24H30F6N3/c1-31(16-23(25,26)27)20-10-6-18(7-11-20)22(33(3)14-4-5-15-33)19-8-12-21(13-9-19)32(2)17-24(28,29)30/h6-13,22H,4-5,14-17H2,1-3H3/q+1. The van der Waals surface area contributed by atoms with E-state index in [1.54, 1.807) is 24.3 Å². The minimum atomic E-state index is -4.29. The van der Waals surface area contributed by atoms with Crippen molar-refractivity contribution in [2.75, 3.05) is 57.1 Å². The topological polar surface area (TPSA) is 6.48 Å². The second kappa shape index (κ2) is 9.44. The zero-order valence-corrected chi connectivity index (χ0v) is 19.0. The smallest absolute Gasteiger partial charge is 0.366 e. The number of alkyl halides is 6. The first kappa shape index (κ1) is 25.2. The quantitative estimate of drug-likeness (QED) is 0.358. The van der Waals surface area contributed by atoms with Gasteiger partial charge in [0.05, 0.1) is 20.1 Å². The fourth-order valence-corrected chi connectivity index (χ4v) is 4.77. The van der Waals surface area contributed by atoms with E-state index in [4.69, 9.17) is 0 Å². The van der Waals surface area contributed by atoms with Crippen LogP contribution in [0.25, 0.3) is 0 Å². The average Bonchev–Trinajstić information content (AvgIpc) is 3.13. The highest BCUT2D eigenvalue weighted by atomic mass is 19.4. The van der Waals surface area contributed by atoms with Gasteiger partial charge in [0.15, 0.2) is 0 Å². The Labute approximate surface area is 190 Å². The van der Waals surface area contributed by atoms with Gasteiger partial charge in [0, 0.05) is 49.4 Å². The first-order valence-corrected chi connectivity index (χ1v) is 10.9. The zero-order chi connectivity index (χ0) is 24.4. The van der Waals surface area contributed by atoms with Crippen molar-refractivity contribution in [1.29, 1.82) is 0 Å². The summed E-state index contributed by atoms with van der Waals surface area (Å²) in [6.07, 6.45) is -6.42. The van der Waals surface area contributed by atoms with E-state index in [0.29, 0.717) is 11.4 Å². The molecule has 0 unspecified atom stereocenters. The number of nitrogens with zero attached hydrogens (tertiary/aromatic N) is 3. The summed E-state index contributed by atoms with van der Waals surface area (Å²) in [4.78, 5) is 2.33. The molecule has 0 radical (unpaired) electrons. The minimum absolute atomic E-state index is 0.0588. The fourth-order valence-electron chi connectivity index (χ4n) is 4.77. The molecule has 182 valence electrons. The molecule has 1 aliphatic rings. The molecule has 3 rings (SSSR count). The third kappa shape index (κ3) is 6.56. The van der Waals surface area contributed by atoms with E-state index in [9.17, 15) is 26.3 Å². The molecule has 0 aromatic heterocycles. The van der Waals surface area contributed by atoms with E-state index in [-0.39, 0.29) is 6.04 Å². The monoisotopic (exact) mass is 474 g/mol. The molecule has 3 nitrogen and oxygen atoms in total. The van der Waals surface area contributed by atoms with Crippen molar-refractivity contribution >= 4 is 11.4 Å². The lowest BCUT2D eigenvalue weighted by Crippen LogP contribution is -2.44. The lowest BCUT2D eigenvalue weighted by molar-refractivity contribution is -0.922. The normalized spacial score (nSPS) is 16.3. The first-order valence-electron chi connectivity index (χ1n) is 10.9. The molecule has 0 atom stereocenters. The molecular weight excluding hydrogens is 444 g/mol. The van der Waals surface area contributed by atoms with Crippen LogP contribution in [0.1, 0.15) is 30.0 Å². The van der Waals surface area contributed by atoms with Crippen molar-refractivity contribution in [3.63, 3.8) is 0 Å². The molecule has 1 fully saturated rings. The Balaban J connectivity index is 1.89. The first-order chi connectivity index (χ1) is 15.3. The number of benzene rings is 2. The lowest BCUT2D eigenvalue weighted by atomic mass is 9.95. The third-order valence-electron chi connectivity index (χ3n) is 6.34. The van der Waals surface area contributed by atoms with Crippen LogP contribution in [-0.2, 0) is 0 Å². The van der Waals surface area contributed by atoms with Gasteiger partial charge in [-0.15, -0.1) is 0 Å². The summed E-state index contributed by atoms with van der Waals surface area (Å²) in [6, 6.07) is 14.2. The van der Waals surface area contributed by atoms with E-state index < -0.39 is 25.4 Å². The summed E-state index contributed by atoms with van der Waals surface area (Å²) in [6.45, 7) is -0.154. The highest BCUT2D eigenvalue weighted by Gasteiger charge is 2.38. The number of halogens is 6. The summed E-state index contributed by atoms with van der Waals surface area (Å²) >= 11 is 0. The van der Waals surface area contributed by atoms with Gasteiger partial charge in [-0.1, -0.05) is 24.3 Å². The number of anilines is 2. The fraction of sp³-hybridized carbons (Fsp3) is 0.500. The van der Waals surface area contributed by atoms with Crippen molar-refractivity contribution in [2.45, 2.75) is 31.2 Å². The Morgan fingerprint density at radius 3 is 1.33 bits per heavy atom. The number of hydrogen-bond donors (Lipinski definition) is 0. The zero-order valence-electron chi connectivity index (χ0n) is 19.0. The molecule has 1 heterocycles. The maximum Gasteiger partial charge on any atom is 0.405 e. The summed E-state index contributed by atoms with van der Waals surface area (Å²) in [5.41, 5.74) is 2.89. The van der Waals surface area contributed by atoms with Crippen molar-refractivity contribution in [3.8, 4) is 0 Å². The van der Waals surface area contributed by atoms with Crippen LogP contribution >= 0.6 is 0 Å². The molecule has 0 N–H and O–H groups in total. The number of quaternary nitrogens is 1. The van der Waals surface area contributed by atoms with Gasteiger partial charge in [-0.25, -0.2) is 0 Å². The molecule has 2 aromatic carbocycles. The van der Waals surface area contributed by atoms with E-state index in [2.05, 4.69) is 7.05 Å². The molecular formula is C24H30F6N3+. The molecule has 0 bridgehead atoms. The number of rotatable bonds is 7. The summed E-state index contributed by atoms with van der Waals surface area (Å²) in [7, 11) is 4.97. The van der Waals surface area contributed by atoms with Gasteiger partial charge in [-0.05, 0) is 24.3 Å². The van der Waals surface area contributed by atoms with Gasteiger partial charge < -0.3 is 14.3 Å². The van der Waals surface area contributed by atoms with Crippen LogP contribution in [0, 0.1) is 0 Å². The maximum absolute atomic E-state index is 12.7. The van der Waals surface area contributed by atoms with Crippen molar-refractivity contribution in [1.82, 2.24) is 0 Å². The summed E-state index contributed by atoms with van der Waals surface area (Å²) < 4.78 is 77.2. The Hall–Kier alpha value is -2.42. The third-order valence-corrected chi connectivity index (χ3v) is 6.34. The predicted molar refractivity (Wildman–Crippen MR) is 119 cm³/mol. The number of likely N-dealkylation sites (tertiary alicyclic amines) is 1. The highest BCUT2D eigenvalue weighted by molar-refractivity contribution is 5.50. The van der Waals surface area contributed by atoms with Crippen LogP contribution < -0.4 is 9.80 Å². The lowest BCUT2D eigenvalue weighted by Gasteiger charge is -2.39. The van der Waals surface area contributed by atoms with Crippen LogP contribution in [0.15, 0.2) is 48.5 Å². The SMILES string of the molecule is CN(CC(F)(F)F)c1ccc(C(c2ccc(N(C)CC(F)(F)F)cc2)[N+]2(C)CCCC2)cc1. The van der Waals surface area contributed by atoms with E-state index in [1.165, 1.54) is 14.1 Å². The van der Waals surface area contributed by atoms with Gasteiger partial charge in [0.2, 0.25) is 0 Å². The van der Waals surface area contributed by atoms with Gasteiger partial charge in [-0.2, -0.15) is 26.3 Å². The van der Waals surface area contributed by atoms with Crippen LogP contribution in [0.5, 0.6) is 0 Å². The molecule has 0 spiro atoms.